The summed E-state index contributed by atoms with van der Waals surface area (Å²) in [5.41, 5.74) is 1.48. The molecule has 0 aromatic heterocycles. The van der Waals surface area contributed by atoms with Crippen LogP contribution in [0.1, 0.15) is 18.4 Å². The molecule has 1 spiro atoms. The highest BCUT2D eigenvalue weighted by Crippen LogP contribution is 2.37. The molecule has 0 bridgehead atoms. The van der Waals surface area contributed by atoms with Gasteiger partial charge in [0.1, 0.15) is 11.4 Å². The summed E-state index contributed by atoms with van der Waals surface area (Å²) >= 11 is 0. The molecule has 2 heterocycles. The third-order valence-electron chi connectivity index (χ3n) is 5.63. The molecule has 4 rings (SSSR count). The Bertz CT molecular complexity index is 1140. The van der Waals surface area contributed by atoms with Gasteiger partial charge in [-0.15, -0.1) is 0 Å². The minimum atomic E-state index is -3.76. The van der Waals surface area contributed by atoms with E-state index in [2.05, 4.69) is 10.6 Å². The Morgan fingerprint density at radius 3 is 2.81 bits per heavy atom. The molecule has 162 valence electrons. The van der Waals surface area contributed by atoms with Gasteiger partial charge in [-0.2, -0.15) is 9.57 Å². The number of para-hydroxylation sites is 2. The summed E-state index contributed by atoms with van der Waals surface area (Å²) in [6, 6.07) is 16.0. The molecule has 2 aromatic carbocycles. The zero-order chi connectivity index (χ0) is 21.9. The van der Waals surface area contributed by atoms with Crippen molar-refractivity contribution in [1.82, 2.24) is 4.31 Å². The highest BCUT2D eigenvalue weighted by molar-refractivity contribution is 7.89. The molecule has 0 amide bonds. The number of aliphatic imine (C=N–C) groups is 1. The lowest BCUT2D eigenvalue weighted by molar-refractivity contribution is 0.207. The molecule has 2 aliphatic heterocycles. The standard InChI is InChI=1S/C22H25N5O3S/c1-30-13-11-24-21-22(26-20-9-3-2-8-19(20)25-21)10-5-12-27(16-22)31(28,29)18-7-4-6-17(14-18)15-23/h2-4,6-9,14,26H,5,10-13,16H2,1H3,(H,24,25). The number of nitrogens with zero attached hydrogens (tertiary/aromatic N) is 3. The number of hydrogen-bond donors (Lipinski definition) is 2. The number of anilines is 2. The SMILES string of the molecule is COCCN=C1Nc2ccccc2NC12CCCN(S(=O)(=O)c1cccc(C#N)c1)C2. The van der Waals surface area contributed by atoms with Gasteiger partial charge in [-0.25, -0.2) is 8.42 Å². The number of nitriles is 1. The van der Waals surface area contributed by atoms with Crippen LogP contribution in [-0.2, 0) is 14.8 Å². The van der Waals surface area contributed by atoms with Gasteiger partial charge in [0.15, 0.2) is 0 Å². The van der Waals surface area contributed by atoms with Crippen LogP contribution in [0.5, 0.6) is 0 Å². The van der Waals surface area contributed by atoms with Gasteiger partial charge >= 0.3 is 0 Å². The average Bonchev–Trinajstić information content (AvgIpc) is 2.79. The first-order valence-corrected chi connectivity index (χ1v) is 11.6. The Labute approximate surface area is 182 Å². The van der Waals surface area contributed by atoms with Gasteiger partial charge in [0.05, 0.1) is 41.1 Å². The van der Waals surface area contributed by atoms with E-state index in [0.29, 0.717) is 37.5 Å². The molecule has 1 fully saturated rings. The van der Waals surface area contributed by atoms with Crippen molar-refractivity contribution in [3.63, 3.8) is 0 Å². The molecule has 2 N–H and O–H groups in total. The maximum atomic E-state index is 13.4. The van der Waals surface area contributed by atoms with E-state index < -0.39 is 15.6 Å². The molecular formula is C22H25N5O3S. The fourth-order valence-electron chi connectivity index (χ4n) is 4.10. The third kappa shape index (κ3) is 4.14. The van der Waals surface area contributed by atoms with Crippen molar-refractivity contribution in [2.24, 2.45) is 4.99 Å². The fourth-order valence-corrected chi connectivity index (χ4v) is 5.68. The largest absolute Gasteiger partial charge is 0.383 e. The molecule has 31 heavy (non-hydrogen) atoms. The molecule has 9 heteroatoms. The van der Waals surface area contributed by atoms with E-state index in [0.717, 1.165) is 17.8 Å². The quantitative estimate of drug-likeness (QED) is 0.694. The Morgan fingerprint density at radius 1 is 1.23 bits per heavy atom. The normalized spacial score (nSPS) is 22.4. The number of benzene rings is 2. The Morgan fingerprint density at radius 2 is 2.03 bits per heavy atom. The molecular weight excluding hydrogens is 414 g/mol. The number of sulfonamides is 1. The van der Waals surface area contributed by atoms with Gasteiger partial charge in [0.25, 0.3) is 0 Å². The smallest absolute Gasteiger partial charge is 0.243 e. The van der Waals surface area contributed by atoms with E-state index in [1.54, 1.807) is 19.2 Å². The summed E-state index contributed by atoms with van der Waals surface area (Å²) in [5.74, 6) is 0.717. The predicted octanol–water partition coefficient (Wildman–Crippen LogP) is 2.66. The van der Waals surface area contributed by atoms with E-state index >= 15 is 0 Å². The van der Waals surface area contributed by atoms with Gasteiger partial charge in [-0.3, -0.25) is 4.99 Å². The highest BCUT2D eigenvalue weighted by Gasteiger charge is 2.46. The van der Waals surface area contributed by atoms with E-state index in [1.807, 2.05) is 30.3 Å². The number of rotatable bonds is 5. The summed E-state index contributed by atoms with van der Waals surface area (Å²) in [7, 11) is -2.13. The topological polar surface area (TPSA) is 107 Å². The second-order valence-corrected chi connectivity index (χ2v) is 9.62. The van der Waals surface area contributed by atoms with Crippen molar-refractivity contribution in [2.45, 2.75) is 23.3 Å². The number of piperidine rings is 1. The number of hydrogen-bond acceptors (Lipinski definition) is 6. The summed E-state index contributed by atoms with van der Waals surface area (Å²) < 4.78 is 33.4. The first-order valence-electron chi connectivity index (χ1n) is 10.2. The van der Waals surface area contributed by atoms with Gasteiger partial charge in [-0.05, 0) is 43.2 Å². The van der Waals surface area contributed by atoms with E-state index in [1.165, 1.54) is 16.4 Å². The molecule has 2 aliphatic rings. The molecule has 0 aliphatic carbocycles. The zero-order valence-corrected chi connectivity index (χ0v) is 18.2. The van der Waals surface area contributed by atoms with Crippen LogP contribution in [0.3, 0.4) is 0 Å². The number of ether oxygens (including phenoxy) is 1. The van der Waals surface area contributed by atoms with Crippen LogP contribution in [0, 0.1) is 11.3 Å². The summed E-state index contributed by atoms with van der Waals surface area (Å²) in [4.78, 5) is 4.85. The lowest BCUT2D eigenvalue weighted by atomic mass is 9.86. The van der Waals surface area contributed by atoms with Crippen molar-refractivity contribution >= 4 is 27.2 Å². The first kappa shape index (κ1) is 21.3. The molecule has 2 aromatic rings. The lowest BCUT2D eigenvalue weighted by Gasteiger charge is -2.46. The minimum absolute atomic E-state index is 0.130. The first-order chi connectivity index (χ1) is 15.0. The van der Waals surface area contributed by atoms with Crippen molar-refractivity contribution < 1.29 is 13.2 Å². The van der Waals surface area contributed by atoms with E-state index in [-0.39, 0.29) is 11.4 Å². The number of fused-ring (bicyclic) bond motifs is 1. The van der Waals surface area contributed by atoms with E-state index in [4.69, 9.17) is 15.0 Å². The van der Waals surface area contributed by atoms with Crippen molar-refractivity contribution in [3.05, 3.63) is 54.1 Å². The van der Waals surface area contributed by atoms with Gasteiger partial charge in [0.2, 0.25) is 10.0 Å². The number of methoxy groups -OCH3 is 1. The second-order valence-electron chi connectivity index (χ2n) is 7.68. The van der Waals surface area contributed by atoms with Crippen LogP contribution in [0.2, 0.25) is 0 Å². The van der Waals surface area contributed by atoms with Gasteiger partial charge in [0, 0.05) is 20.2 Å². The Balaban J connectivity index is 1.70. The number of amidine groups is 1. The molecule has 1 unspecified atom stereocenters. The molecule has 1 saturated heterocycles. The summed E-state index contributed by atoms with van der Waals surface area (Å²) in [6.07, 6.45) is 1.42. The Hall–Kier alpha value is -2.93. The van der Waals surface area contributed by atoms with Crippen LogP contribution >= 0.6 is 0 Å². The van der Waals surface area contributed by atoms with Gasteiger partial charge in [-0.1, -0.05) is 18.2 Å². The summed E-state index contributed by atoms with van der Waals surface area (Å²) in [5, 5.41) is 16.2. The molecule has 0 saturated carbocycles. The Kier molecular flexibility index (Phi) is 5.96. The van der Waals surface area contributed by atoms with Crippen LogP contribution in [0.4, 0.5) is 11.4 Å². The van der Waals surface area contributed by atoms with Crippen molar-refractivity contribution in [2.75, 3.05) is 44.0 Å². The second kappa shape index (κ2) is 8.67. The zero-order valence-electron chi connectivity index (χ0n) is 17.3. The van der Waals surface area contributed by atoms with Gasteiger partial charge < -0.3 is 15.4 Å². The minimum Gasteiger partial charge on any atom is -0.383 e. The average molecular weight is 440 g/mol. The lowest BCUT2D eigenvalue weighted by Crippen LogP contribution is -2.62. The maximum absolute atomic E-state index is 13.4. The monoisotopic (exact) mass is 439 g/mol. The van der Waals surface area contributed by atoms with Crippen LogP contribution < -0.4 is 10.6 Å². The predicted molar refractivity (Wildman–Crippen MR) is 120 cm³/mol. The third-order valence-corrected chi connectivity index (χ3v) is 7.47. The van der Waals surface area contributed by atoms with Crippen molar-refractivity contribution in [3.8, 4) is 6.07 Å². The molecule has 0 radical (unpaired) electrons. The van der Waals surface area contributed by atoms with Crippen molar-refractivity contribution in [1.29, 1.82) is 5.26 Å². The highest BCUT2D eigenvalue weighted by atomic mass is 32.2. The van der Waals surface area contributed by atoms with Crippen LogP contribution in [0.15, 0.2) is 58.4 Å². The molecule has 8 nitrogen and oxygen atoms in total. The molecule has 1 atom stereocenters. The van der Waals surface area contributed by atoms with E-state index in [9.17, 15) is 8.42 Å². The fraction of sp³-hybridized carbons (Fsp3) is 0.364. The van der Waals surface area contributed by atoms with Crippen LogP contribution in [-0.4, -0.2) is 57.4 Å². The summed E-state index contributed by atoms with van der Waals surface area (Å²) in [6.45, 7) is 1.60. The number of nitrogens with one attached hydrogen (secondary N) is 2. The van der Waals surface area contributed by atoms with Crippen LogP contribution in [0.25, 0.3) is 0 Å². The maximum Gasteiger partial charge on any atom is 0.243 e.